The number of rotatable bonds is 13. The van der Waals surface area contributed by atoms with Crippen LogP contribution in [-0.2, 0) is 25.5 Å². The summed E-state index contributed by atoms with van der Waals surface area (Å²) in [5, 5.41) is 40.5. The first-order valence-electron chi connectivity index (χ1n) is 18.5. The maximum absolute atomic E-state index is 12.8. The van der Waals surface area contributed by atoms with Crippen LogP contribution in [0.1, 0.15) is 101 Å². The van der Waals surface area contributed by atoms with Crippen molar-refractivity contribution in [3.8, 4) is 34.5 Å². The molecule has 0 heterocycles. The number of phenolic OH excluding ortho intramolecular Hbond substituents is 4. The first kappa shape index (κ1) is 40.9. The van der Waals surface area contributed by atoms with Crippen LogP contribution < -0.4 is 9.47 Å². The number of aromatic hydroxyl groups is 4. The third-order valence-electron chi connectivity index (χ3n) is 9.70. The van der Waals surface area contributed by atoms with Crippen molar-refractivity contribution in [2.75, 3.05) is 14.2 Å². The third kappa shape index (κ3) is 10.9. The number of ketones is 2. The monoisotopic (exact) mass is 766 g/mol. The SMILES string of the molecule is COC(=O)/C=C/c1cc(C(=O)c2ccc(OC3CCCC3)cc2O)ccc1O.COC(=O)CCc1cc(C(=O)c2ccc(OC3CCCC3)cc2O)ccc1O. The molecule has 0 radical (unpaired) electrons. The topological polar surface area (TPSA) is 186 Å². The van der Waals surface area contributed by atoms with Gasteiger partial charge in [-0.3, -0.25) is 14.4 Å². The smallest absolute Gasteiger partial charge is 0.330 e. The van der Waals surface area contributed by atoms with Gasteiger partial charge in [-0.05, 0) is 130 Å². The Hall–Kier alpha value is -6.30. The fraction of sp³-hybridized carbons (Fsp3) is 0.318. The third-order valence-corrected chi connectivity index (χ3v) is 9.70. The highest BCUT2D eigenvalue weighted by Gasteiger charge is 2.21. The van der Waals surface area contributed by atoms with E-state index in [9.17, 15) is 39.6 Å². The number of hydrogen-bond acceptors (Lipinski definition) is 12. The van der Waals surface area contributed by atoms with Crippen molar-refractivity contribution < 1.29 is 58.6 Å². The second kappa shape index (κ2) is 19.3. The predicted octanol–water partition coefficient (Wildman–Crippen LogP) is 7.59. The summed E-state index contributed by atoms with van der Waals surface area (Å²) in [4.78, 5) is 48.1. The van der Waals surface area contributed by atoms with Crippen molar-refractivity contribution in [2.24, 2.45) is 0 Å². The second-order valence-electron chi connectivity index (χ2n) is 13.6. The lowest BCUT2D eigenvalue weighted by Gasteiger charge is -2.14. The molecule has 0 amide bonds. The van der Waals surface area contributed by atoms with Crippen LogP contribution in [0.5, 0.6) is 34.5 Å². The van der Waals surface area contributed by atoms with Gasteiger partial charge < -0.3 is 39.4 Å². The van der Waals surface area contributed by atoms with Crippen LogP contribution in [0.3, 0.4) is 0 Å². The Labute approximate surface area is 324 Å². The molecule has 12 heteroatoms. The van der Waals surface area contributed by atoms with Gasteiger partial charge in [-0.1, -0.05) is 0 Å². The Morgan fingerprint density at radius 3 is 1.59 bits per heavy atom. The molecular weight excluding hydrogens is 720 g/mol. The molecule has 294 valence electrons. The maximum atomic E-state index is 12.8. The van der Waals surface area contributed by atoms with E-state index >= 15 is 0 Å². The molecule has 0 aromatic heterocycles. The molecule has 0 bridgehead atoms. The van der Waals surface area contributed by atoms with E-state index < -0.39 is 17.7 Å². The fourth-order valence-electron chi connectivity index (χ4n) is 6.58. The maximum Gasteiger partial charge on any atom is 0.330 e. The molecule has 2 fully saturated rings. The summed E-state index contributed by atoms with van der Waals surface area (Å²) in [5.41, 5.74) is 1.63. The van der Waals surface area contributed by atoms with E-state index in [1.165, 1.54) is 74.9 Å². The van der Waals surface area contributed by atoms with Gasteiger partial charge in [-0.2, -0.15) is 0 Å². The molecule has 0 spiro atoms. The zero-order valence-corrected chi connectivity index (χ0v) is 31.4. The van der Waals surface area contributed by atoms with E-state index in [1.807, 2.05) is 0 Å². The molecule has 0 saturated heterocycles. The summed E-state index contributed by atoms with van der Waals surface area (Å²) >= 11 is 0. The molecule has 0 aliphatic heterocycles. The molecule has 2 aliphatic rings. The Bertz CT molecular complexity index is 2070. The second-order valence-corrected chi connectivity index (χ2v) is 13.6. The average molecular weight is 767 g/mol. The van der Waals surface area contributed by atoms with Crippen LogP contribution in [0.4, 0.5) is 0 Å². The molecule has 2 saturated carbocycles. The molecule has 0 atom stereocenters. The normalized spacial score (nSPS) is 14.2. The number of ether oxygens (including phenoxy) is 4. The largest absolute Gasteiger partial charge is 0.508 e. The van der Waals surface area contributed by atoms with Crippen molar-refractivity contribution in [1.82, 2.24) is 0 Å². The lowest BCUT2D eigenvalue weighted by atomic mass is 9.98. The summed E-state index contributed by atoms with van der Waals surface area (Å²) < 4.78 is 20.8. The van der Waals surface area contributed by atoms with Crippen molar-refractivity contribution in [3.63, 3.8) is 0 Å². The molecule has 4 N–H and O–H groups in total. The zero-order valence-electron chi connectivity index (χ0n) is 31.4. The van der Waals surface area contributed by atoms with E-state index in [0.717, 1.165) is 57.4 Å². The number of hydrogen-bond donors (Lipinski definition) is 4. The summed E-state index contributed by atoms with van der Waals surface area (Å²) in [5.74, 6) is -1.06. The molecule has 2 aliphatic carbocycles. The van der Waals surface area contributed by atoms with Gasteiger partial charge in [0.1, 0.15) is 34.5 Å². The van der Waals surface area contributed by atoms with Crippen LogP contribution in [0.25, 0.3) is 6.08 Å². The minimum Gasteiger partial charge on any atom is -0.508 e. The quantitative estimate of drug-likeness (QED) is 0.0594. The van der Waals surface area contributed by atoms with Gasteiger partial charge in [0, 0.05) is 41.3 Å². The van der Waals surface area contributed by atoms with Gasteiger partial charge in [0.2, 0.25) is 0 Å². The highest BCUT2D eigenvalue weighted by Crippen LogP contribution is 2.32. The Kier molecular flexibility index (Phi) is 14.1. The molecule has 4 aromatic rings. The van der Waals surface area contributed by atoms with E-state index in [-0.39, 0.29) is 76.1 Å². The molecule has 56 heavy (non-hydrogen) atoms. The Balaban J connectivity index is 0.000000214. The molecule has 12 nitrogen and oxygen atoms in total. The van der Waals surface area contributed by atoms with Crippen LogP contribution in [0.15, 0.2) is 78.9 Å². The van der Waals surface area contributed by atoms with Crippen molar-refractivity contribution in [3.05, 3.63) is 112 Å². The lowest BCUT2D eigenvalue weighted by molar-refractivity contribution is -0.140. The van der Waals surface area contributed by atoms with E-state index in [1.54, 1.807) is 18.2 Å². The Morgan fingerprint density at radius 2 is 1.11 bits per heavy atom. The number of methoxy groups -OCH3 is 2. The molecule has 0 unspecified atom stereocenters. The number of aryl methyl sites for hydroxylation is 1. The summed E-state index contributed by atoms with van der Waals surface area (Å²) in [6, 6.07) is 18.0. The fourth-order valence-corrected chi connectivity index (χ4v) is 6.58. The summed E-state index contributed by atoms with van der Waals surface area (Å²) in [7, 11) is 2.54. The van der Waals surface area contributed by atoms with Gasteiger partial charge >= 0.3 is 11.9 Å². The van der Waals surface area contributed by atoms with Gasteiger partial charge in [-0.15, -0.1) is 0 Å². The standard InChI is InChI=1S/C22H24O6.C22H22O6/c2*1-27-21(25)11-7-14-12-15(6-10-19(14)23)22(26)18-9-8-17(13-20(18)24)28-16-4-2-3-5-16/h6,8-10,12-13,16,23-24H,2-5,7,11H2,1H3;6-13,16,23-24H,2-5H2,1H3/b;11-7+. The minimum atomic E-state index is -0.577. The van der Waals surface area contributed by atoms with Crippen molar-refractivity contribution >= 4 is 29.6 Å². The number of carbonyl (C=O) groups excluding carboxylic acids is 4. The van der Waals surface area contributed by atoms with E-state index in [0.29, 0.717) is 22.6 Å². The molecule has 4 aromatic carbocycles. The number of esters is 2. The van der Waals surface area contributed by atoms with E-state index in [2.05, 4.69) is 9.47 Å². The highest BCUT2D eigenvalue weighted by molar-refractivity contribution is 6.11. The van der Waals surface area contributed by atoms with Gasteiger partial charge in [0.05, 0.1) is 37.6 Å². The van der Waals surface area contributed by atoms with Crippen molar-refractivity contribution in [1.29, 1.82) is 0 Å². The first-order chi connectivity index (χ1) is 26.9. The minimum absolute atomic E-state index is 0.00462. The number of carbonyl (C=O) groups is 4. The van der Waals surface area contributed by atoms with E-state index in [4.69, 9.17) is 9.47 Å². The molecular formula is C44H46O12. The van der Waals surface area contributed by atoms with Gasteiger partial charge in [0.25, 0.3) is 0 Å². The van der Waals surface area contributed by atoms with Crippen LogP contribution >= 0.6 is 0 Å². The number of phenols is 4. The van der Waals surface area contributed by atoms with Gasteiger partial charge in [0.15, 0.2) is 11.6 Å². The zero-order chi connectivity index (χ0) is 40.2. The van der Waals surface area contributed by atoms with Crippen LogP contribution in [0, 0.1) is 0 Å². The lowest BCUT2D eigenvalue weighted by Crippen LogP contribution is -2.11. The summed E-state index contributed by atoms with van der Waals surface area (Å²) in [6.07, 6.45) is 11.7. The van der Waals surface area contributed by atoms with Crippen LogP contribution in [0.2, 0.25) is 0 Å². The highest BCUT2D eigenvalue weighted by atomic mass is 16.5. The van der Waals surface area contributed by atoms with Gasteiger partial charge in [-0.25, -0.2) is 4.79 Å². The van der Waals surface area contributed by atoms with Crippen molar-refractivity contribution in [2.45, 2.75) is 76.4 Å². The molecule has 6 rings (SSSR count). The Morgan fingerprint density at radius 1 is 0.607 bits per heavy atom. The summed E-state index contributed by atoms with van der Waals surface area (Å²) in [6.45, 7) is 0. The first-order valence-corrected chi connectivity index (χ1v) is 18.5. The van der Waals surface area contributed by atoms with Crippen LogP contribution in [-0.4, -0.2) is 70.4 Å². The average Bonchev–Trinajstić information content (AvgIpc) is 3.92. The predicted molar refractivity (Wildman–Crippen MR) is 206 cm³/mol. The number of benzene rings is 4.